The van der Waals surface area contributed by atoms with Crippen molar-refractivity contribution in [3.05, 3.63) is 30.3 Å². The average Bonchev–Trinajstić information content (AvgIpc) is 2.28. The van der Waals surface area contributed by atoms with E-state index < -0.39 is 28.7 Å². The van der Waals surface area contributed by atoms with Gasteiger partial charge in [-0.1, -0.05) is 18.2 Å². The minimum absolute atomic E-state index is 0.0443. The highest BCUT2D eigenvalue weighted by molar-refractivity contribution is 7.85. The molecule has 0 fully saturated rings. The molecule has 0 aliphatic carbocycles. The monoisotopic (exact) mass is 270 g/mol. The van der Waals surface area contributed by atoms with Gasteiger partial charge in [-0.15, -0.1) is 0 Å². The van der Waals surface area contributed by atoms with E-state index in [1.165, 1.54) is 0 Å². The summed E-state index contributed by atoms with van der Waals surface area (Å²) in [6, 6.07) is 8.60. The number of carboxylic acid groups (broad SMARTS) is 2. The van der Waals surface area contributed by atoms with Gasteiger partial charge in [-0.3, -0.25) is 13.8 Å². The molecule has 0 aliphatic heterocycles. The van der Waals surface area contributed by atoms with Crippen molar-refractivity contribution in [3.63, 3.8) is 0 Å². The van der Waals surface area contributed by atoms with Gasteiger partial charge in [0.1, 0.15) is 0 Å². The summed E-state index contributed by atoms with van der Waals surface area (Å²) >= 11 is 0. The number of hydrogen-bond acceptors (Lipinski definition) is 3. The normalized spacial score (nSPS) is 12.3. The summed E-state index contributed by atoms with van der Waals surface area (Å²) in [5.41, 5.74) is 0. The van der Waals surface area contributed by atoms with Crippen LogP contribution in [-0.2, 0) is 20.4 Å². The van der Waals surface area contributed by atoms with Crippen LogP contribution in [0.4, 0.5) is 0 Å². The minimum atomic E-state index is -1.37. The number of carbonyl (C=O) groups is 2. The molecular formula is C12H14O5S. The average molecular weight is 270 g/mol. The van der Waals surface area contributed by atoms with Gasteiger partial charge in [0, 0.05) is 23.5 Å². The van der Waals surface area contributed by atoms with Crippen LogP contribution in [0.2, 0.25) is 0 Å². The Morgan fingerprint density at radius 1 is 1.06 bits per heavy atom. The van der Waals surface area contributed by atoms with Crippen LogP contribution in [-0.4, -0.2) is 32.1 Å². The van der Waals surface area contributed by atoms with E-state index in [1.807, 2.05) is 0 Å². The molecule has 0 aliphatic rings. The molecule has 2 N–H and O–H groups in total. The van der Waals surface area contributed by atoms with E-state index in [0.29, 0.717) is 4.90 Å². The molecule has 0 heterocycles. The maximum atomic E-state index is 11.9. The minimum Gasteiger partial charge on any atom is -0.481 e. The Kier molecular flexibility index (Phi) is 5.51. The van der Waals surface area contributed by atoms with Gasteiger partial charge in [0.2, 0.25) is 0 Å². The summed E-state index contributed by atoms with van der Waals surface area (Å²) in [6.45, 7) is 0. The molecule has 0 saturated heterocycles. The molecule has 98 valence electrons. The van der Waals surface area contributed by atoms with E-state index in [0.717, 1.165) is 0 Å². The highest BCUT2D eigenvalue weighted by atomic mass is 32.2. The Morgan fingerprint density at radius 2 is 1.56 bits per heavy atom. The highest BCUT2D eigenvalue weighted by Gasteiger charge is 2.20. The third-order valence-corrected chi connectivity index (χ3v) is 3.89. The van der Waals surface area contributed by atoms with Crippen LogP contribution in [0.5, 0.6) is 0 Å². The van der Waals surface area contributed by atoms with Crippen molar-refractivity contribution in [1.82, 2.24) is 0 Å². The molecule has 1 unspecified atom stereocenters. The van der Waals surface area contributed by atoms with Gasteiger partial charge in [0.15, 0.2) is 0 Å². The van der Waals surface area contributed by atoms with Gasteiger partial charge in [0.05, 0.1) is 10.8 Å². The van der Waals surface area contributed by atoms with Gasteiger partial charge >= 0.3 is 11.9 Å². The lowest BCUT2D eigenvalue weighted by Gasteiger charge is -2.11. The van der Waals surface area contributed by atoms with Gasteiger partial charge < -0.3 is 10.2 Å². The maximum absolute atomic E-state index is 11.9. The Bertz CT molecular complexity index is 427. The third-order valence-electron chi connectivity index (χ3n) is 2.32. The third kappa shape index (κ3) is 5.09. The van der Waals surface area contributed by atoms with Crippen molar-refractivity contribution in [2.75, 3.05) is 5.75 Å². The first kappa shape index (κ1) is 14.4. The maximum Gasteiger partial charge on any atom is 0.303 e. The molecule has 0 spiro atoms. The Morgan fingerprint density at radius 3 is 2.00 bits per heavy atom. The predicted molar refractivity (Wildman–Crippen MR) is 65.7 cm³/mol. The van der Waals surface area contributed by atoms with Crippen LogP contribution in [0.1, 0.15) is 12.8 Å². The Hall–Kier alpha value is -1.69. The molecule has 0 amide bonds. The summed E-state index contributed by atoms with van der Waals surface area (Å²) in [5.74, 6) is -2.73. The number of rotatable bonds is 7. The molecule has 6 heteroatoms. The van der Waals surface area contributed by atoms with Crippen molar-refractivity contribution in [2.24, 2.45) is 5.92 Å². The van der Waals surface area contributed by atoms with Gasteiger partial charge in [-0.05, 0) is 18.1 Å². The molecule has 1 aromatic carbocycles. The van der Waals surface area contributed by atoms with E-state index in [9.17, 15) is 13.8 Å². The lowest BCUT2D eigenvalue weighted by atomic mass is 10.0. The van der Waals surface area contributed by atoms with Crippen LogP contribution < -0.4 is 0 Å². The fourth-order valence-corrected chi connectivity index (χ4v) is 2.88. The molecule has 1 rings (SSSR count). The fraction of sp³-hybridized carbons (Fsp3) is 0.333. The van der Waals surface area contributed by atoms with Crippen molar-refractivity contribution in [3.8, 4) is 0 Å². The quantitative estimate of drug-likeness (QED) is 0.780. The van der Waals surface area contributed by atoms with E-state index in [4.69, 9.17) is 10.2 Å². The van der Waals surface area contributed by atoms with Crippen LogP contribution in [0.3, 0.4) is 0 Å². The molecule has 0 bridgehead atoms. The summed E-state index contributed by atoms with van der Waals surface area (Å²) < 4.78 is 11.9. The zero-order chi connectivity index (χ0) is 13.5. The lowest BCUT2D eigenvalue weighted by Crippen LogP contribution is -2.19. The van der Waals surface area contributed by atoms with Crippen molar-refractivity contribution < 1.29 is 24.0 Å². The number of hydrogen-bond donors (Lipinski definition) is 2. The van der Waals surface area contributed by atoms with Crippen molar-refractivity contribution in [2.45, 2.75) is 17.7 Å². The van der Waals surface area contributed by atoms with Gasteiger partial charge in [0.25, 0.3) is 0 Å². The van der Waals surface area contributed by atoms with Gasteiger partial charge in [-0.2, -0.15) is 0 Å². The second kappa shape index (κ2) is 6.90. The molecule has 5 nitrogen and oxygen atoms in total. The Balaban J connectivity index is 2.68. The molecule has 0 radical (unpaired) electrons. The molecule has 0 saturated carbocycles. The standard InChI is InChI=1S/C12H14O5S/c13-11(14)6-9(7-12(15)16)8-18(17)10-4-2-1-3-5-10/h1-5,9H,6-8H2,(H,13,14)(H,15,16). The van der Waals surface area contributed by atoms with Gasteiger partial charge in [-0.25, -0.2) is 0 Å². The van der Waals surface area contributed by atoms with Crippen molar-refractivity contribution >= 4 is 22.7 Å². The summed E-state index contributed by atoms with van der Waals surface area (Å²) in [7, 11) is -1.37. The first-order valence-electron chi connectivity index (χ1n) is 5.36. The van der Waals surface area contributed by atoms with Crippen molar-refractivity contribution in [1.29, 1.82) is 0 Å². The topological polar surface area (TPSA) is 91.7 Å². The summed E-state index contributed by atoms with van der Waals surface area (Å²) in [6.07, 6.45) is -0.574. The van der Waals surface area contributed by atoms with Crippen LogP contribution >= 0.6 is 0 Å². The largest absolute Gasteiger partial charge is 0.481 e. The number of aliphatic carboxylic acids is 2. The zero-order valence-electron chi connectivity index (χ0n) is 9.61. The molecule has 18 heavy (non-hydrogen) atoms. The van der Waals surface area contributed by atoms with Crippen LogP contribution in [0.25, 0.3) is 0 Å². The van der Waals surface area contributed by atoms with E-state index in [-0.39, 0.29) is 18.6 Å². The second-order valence-electron chi connectivity index (χ2n) is 3.89. The summed E-state index contributed by atoms with van der Waals surface area (Å²) in [5, 5.41) is 17.4. The van der Waals surface area contributed by atoms with Crippen LogP contribution in [0.15, 0.2) is 35.2 Å². The zero-order valence-corrected chi connectivity index (χ0v) is 10.4. The molecule has 0 aromatic heterocycles. The molecule has 1 aromatic rings. The second-order valence-corrected chi connectivity index (χ2v) is 5.38. The molecule has 1 atom stereocenters. The highest BCUT2D eigenvalue weighted by Crippen LogP contribution is 2.15. The first-order chi connectivity index (χ1) is 8.49. The smallest absolute Gasteiger partial charge is 0.303 e. The number of benzene rings is 1. The fourth-order valence-electron chi connectivity index (χ4n) is 1.57. The lowest BCUT2D eigenvalue weighted by molar-refractivity contribution is -0.140. The number of carboxylic acids is 2. The SMILES string of the molecule is O=C(O)CC(CC(=O)O)CS(=O)c1ccccc1. The van der Waals surface area contributed by atoms with Crippen LogP contribution in [0, 0.1) is 5.92 Å². The first-order valence-corrected chi connectivity index (χ1v) is 6.68. The predicted octanol–water partition coefficient (Wildman–Crippen LogP) is 1.36. The van der Waals surface area contributed by atoms with E-state index in [2.05, 4.69) is 0 Å². The molecular weight excluding hydrogens is 256 g/mol. The summed E-state index contributed by atoms with van der Waals surface area (Å²) in [4.78, 5) is 21.8. The Labute approximate surface area is 107 Å². The van der Waals surface area contributed by atoms with E-state index in [1.54, 1.807) is 30.3 Å². The van der Waals surface area contributed by atoms with E-state index >= 15 is 0 Å².